The number of nitrogens with two attached hydrogens (primary N) is 1. The van der Waals surface area contributed by atoms with Gasteiger partial charge in [0, 0.05) is 19.0 Å². The van der Waals surface area contributed by atoms with Crippen LogP contribution in [-0.4, -0.2) is 49.4 Å². The van der Waals surface area contributed by atoms with E-state index in [-0.39, 0.29) is 31.1 Å². The Bertz CT molecular complexity index is 771. The number of hydrogen-bond donors (Lipinski definition) is 3. The first kappa shape index (κ1) is 20.2. The van der Waals surface area contributed by atoms with Crippen LogP contribution in [0.2, 0.25) is 0 Å². The summed E-state index contributed by atoms with van der Waals surface area (Å²) in [4.78, 5) is 48.1. The van der Waals surface area contributed by atoms with E-state index in [4.69, 9.17) is 10.5 Å². The van der Waals surface area contributed by atoms with Crippen LogP contribution >= 0.6 is 0 Å². The Balaban J connectivity index is 2.42. The maximum Gasteiger partial charge on any atom is 0.265 e. The fourth-order valence-electron chi connectivity index (χ4n) is 2.57. The standard InChI is InChI=1S/C16H18F2N4O5/c1-8(23)20-12(15(19)25)16(26)21-10-4-2-3-9(14(17)18)13(10)22-5-6-27-7-11(22)24/h2-4,12,14H,5-7H2,1H3,(H2,19,25)(H,20,23)(H,21,26)/t12-/m0/s1. The van der Waals surface area contributed by atoms with E-state index < -0.39 is 41.7 Å². The molecule has 0 spiro atoms. The second-order valence-corrected chi connectivity index (χ2v) is 5.67. The van der Waals surface area contributed by atoms with Crippen molar-refractivity contribution >= 4 is 35.0 Å². The SMILES string of the molecule is CC(=O)N[C@@H](C(N)=O)C(=O)Nc1cccc(C(F)F)c1N1CCOCC1=O. The summed E-state index contributed by atoms with van der Waals surface area (Å²) >= 11 is 0. The van der Waals surface area contributed by atoms with E-state index in [1.165, 1.54) is 12.1 Å². The summed E-state index contributed by atoms with van der Waals surface area (Å²) in [5.74, 6) is -3.39. The van der Waals surface area contributed by atoms with Crippen molar-refractivity contribution in [2.24, 2.45) is 5.73 Å². The minimum Gasteiger partial charge on any atom is -0.370 e. The molecule has 1 saturated heterocycles. The summed E-state index contributed by atoms with van der Waals surface area (Å²) in [7, 11) is 0. The molecule has 2 rings (SSSR count). The van der Waals surface area contributed by atoms with Gasteiger partial charge in [0.1, 0.15) is 6.61 Å². The van der Waals surface area contributed by atoms with Crippen LogP contribution in [0.3, 0.4) is 0 Å². The van der Waals surface area contributed by atoms with Crippen molar-refractivity contribution in [1.82, 2.24) is 5.32 Å². The summed E-state index contributed by atoms with van der Waals surface area (Å²) in [6.45, 7) is 0.933. The lowest BCUT2D eigenvalue weighted by Gasteiger charge is -2.30. The molecule has 1 heterocycles. The van der Waals surface area contributed by atoms with Crippen LogP contribution in [0.4, 0.5) is 20.2 Å². The molecule has 146 valence electrons. The third-order valence-electron chi connectivity index (χ3n) is 3.71. The molecule has 1 fully saturated rings. The summed E-state index contributed by atoms with van der Waals surface area (Å²) < 4.78 is 31.9. The fourth-order valence-corrected chi connectivity index (χ4v) is 2.57. The fraction of sp³-hybridized carbons (Fsp3) is 0.375. The number of para-hydroxylation sites is 1. The molecule has 1 aromatic carbocycles. The minimum absolute atomic E-state index is 0.0103. The van der Waals surface area contributed by atoms with E-state index in [0.29, 0.717) is 0 Å². The number of hydrogen-bond acceptors (Lipinski definition) is 5. The quantitative estimate of drug-likeness (QED) is 0.590. The van der Waals surface area contributed by atoms with Gasteiger partial charge in [0.15, 0.2) is 6.04 Å². The van der Waals surface area contributed by atoms with Gasteiger partial charge in [-0.25, -0.2) is 8.78 Å². The zero-order chi connectivity index (χ0) is 20.1. The zero-order valence-electron chi connectivity index (χ0n) is 14.3. The zero-order valence-corrected chi connectivity index (χ0v) is 14.3. The number of benzene rings is 1. The molecule has 0 radical (unpaired) electrons. The highest BCUT2D eigenvalue weighted by molar-refractivity contribution is 6.13. The van der Waals surface area contributed by atoms with Gasteiger partial charge in [-0.2, -0.15) is 0 Å². The molecule has 9 nitrogen and oxygen atoms in total. The highest BCUT2D eigenvalue weighted by Crippen LogP contribution is 2.37. The summed E-state index contributed by atoms with van der Waals surface area (Å²) in [6.07, 6.45) is -2.92. The molecule has 1 aliphatic heterocycles. The molecule has 4 amide bonds. The molecule has 1 aliphatic rings. The largest absolute Gasteiger partial charge is 0.370 e. The first-order valence-electron chi connectivity index (χ1n) is 7.88. The molecular formula is C16H18F2N4O5. The maximum atomic E-state index is 13.5. The number of ether oxygens (including phenoxy) is 1. The average molecular weight is 384 g/mol. The van der Waals surface area contributed by atoms with Crippen molar-refractivity contribution in [2.45, 2.75) is 19.4 Å². The topological polar surface area (TPSA) is 131 Å². The number of nitrogens with zero attached hydrogens (tertiary/aromatic N) is 1. The first-order chi connectivity index (χ1) is 12.7. The first-order valence-corrected chi connectivity index (χ1v) is 7.88. The maximum absolute atomic E-state index is 13.5. The molecule has 0 bridgehead atoms. The van der Waals surface area contributed by atoms with Gasteiger partial charge in [-0.05, 0) is 6.07 Å². The van der Waals surface area contributed by atoms with E-state index in [1.807, 2.05) is 0 Å². The number of alkyl halides is 2. The summed E-state index contributed by atoms with van der Waals surface area (Å²) in [5, 5.41) is 4.36. The number of carbonyl (C=O) groups excluding carboxylic acids is 4. The van der Waals surface area contributed by atoms with Gasteiger partial charge in [0.05, 0.1) is 18.0 Å². The second kappa shape index (κ2) is 8.54. The van der Waals surface area contributed by atoms with Gasteiger partial charge < -0.3 is 26.0 Å². The van der Waals surface area contributed by atoms with Crippen molar-refractivity contribution in [3.05, 3.63) is 23.8 Å². The normalized spacial score (nSPS) is 15.4. The third-order valence-corrected chi connectivity index (χ3v) is 3.71. The van der Waals surface area contributed by atoms with Gasteiger partial charge in [-0.1, -0.05) is 12.1 Å². The Morgan fingerprint density at radius 1 is 1.30 bits per heavy atom. The molecule has 1 aromatic rings. The van der Waals surface area contributed by atoms with Gasteiger partial charge >= 0.3 is 0 Å². The average Bonchev–Trinajstić information content (AvgIpc) is 2.59. The summed E-state index contributed by atoms with van der Waals surface area (Å²) in [6, 6.07) is 1.99. The van der Waals surface area contributed by atoms with Crippen LogP contribution in [-0.2, 0) is 23.9 Å². The van der Waals surface area contributed by atoms with Crippen molar-refractivity contribution in [2.75, 3.05) is 30.0 Å². The Morgan fingerprint density at radius 3 is 2.56 bits per heavy atom. The number of nitrogens with one attached hydrogen (secondary N) is 2. The lowest BCUT2D eigenvalue weighted by molar-refractivity contribution is -0.132. The van der Waals surface area contributed by atoms with E-state index in [0.717, 1.165) is 17.9 Å². The van der Waals surface area contributed by atoms with E-state index in [2.05, 4.69) is 10.6 Å². The van der Waals surface area contributed by atoms with Gasteiger partial charge in [0.25, 0.3) is 18.2 Å². The number of rotatable bonds is 6. The molecule has 0 unspecified atom stereocenters. The number of carbonyl (C=O) groups is 4. The number of morpholine rings is 1. The number of primary amides is 1. The molecule has 1 atom stereocenters. The molecular weight excluding hydrogens is 366 g/mol. The Hall–Kier alpha value is -3.08. The van der Waals surface area contributed by atoms with Crippen molar-refractivity contribution in [3.63, 3.8) is 0 Å². The predicted molar refractivity (Wildman–Crippen MR) is 90.0 cm³/mol. The molecule has 0 saturated carbocycles. The predicted octanol–water partition coefficient (Wildman–Crippen LogP) is -0.0841. The van der Waals surface area contributed by atoms with Crippen LogP contribution in [0.1, 0.15) is 18.9 Å². The minimum atomic E-state index is -2.92. The van der Waals surface area contributed by atoms with Crippen LogP contribution in [0.15, 0.2) is 18.2 Å². The van der Waals surface area contributed by atoms with Crippen molar-refractivity contribution in [1.29, 1.82) is 0 Å². The highest BCUT2D eigenvalue weighted by Gasteiger charge is 2.31. The summed E-state index contributed by atoms with van der Waals surface area (Å²) in [5.41, 5.74) is 4.32. The van der Waals surface area contributed by atoms with Crippen LogP contribution < -0.4 is 21.3 Å². The van der Waals surface area contributed by atoms with E-state index >= 15 is 0 Å². The van der Waals surface area contributed by atoms with Crippen LogP contribution in [0, 0.1) is 0 Å². The lowest BCUT2D eigenvalue weighted by atomic mass is 10.1. The second-order valence-electron chi connectivity index (χ2n) is 5.67. The van der Waals surface area contributed by atoms with Gasteiger partial charge in [0.2, 0.25) is 11.8 Å². The van der Waals surface area contributed by atoms with E-state index in [9.17, 15) is 28.0 Å². The van der Waals surface area contributed by atoms with Crippen molar-refractivity contribution in [3.8, 4) is 0 Å². The smallest absolute Gasteiger partial charge is 0.265 e. The Kier molecular flexibility index (Phi) is 6.40. The Morgan fingerprint density at radius 2 is 2.00 bits per heavy atom. The van der Waals surface area contributed by atoms with Gasteiger partial charge in [-0.15, -0.1) is 0 Å². The third kappa shape index (κ3) is 4.76. The molecule has 0 aromatic heterocycles. The number of amides is 4. The van der Waals surface area contributed by atoms with Crippen molar-refractivity contribution < 1.29 is 32.7 Å². The lowest BCUT2D eigenvalue weighted by Crippen LogP contribution is -2.51. The molecule has 11 heteroatoms. The highest BCUT2D eigenvalue weighted by atomic mass is 19.3. The molecule has 27 heavy (non-hydrogen) atoms. The van der Waals surface area contributed by atoms with Gasteiger partial charge in [-0.3, -0.25) is 19.2 Å². The number of halogens is 2. The monoisotopic (exact) mass is 384 g/mol. The van der Waals surface area contributed by atoms with Crippen LogP contribution in [0.5, 0.6) is 0 Å². The molecule has 0 aliphatic carbocycles. The Labute approximate surface area is 152 Å². The molecule has 4 N–H and O–H groups in total. The number of anilines is 2. The van der Waals surface area contributed by atoms with Crippen LogP contribution in [0.25, 0.3) is 0 Å². The van der Waals surface area contributed by atoms with E-state index in [1.54, 1.807) is 0 Å².